The number of hydrogen-bond acceptors (Lipinski definition) is 5. The third-order valence-electron chi connectivity index (χ3n) is 10.2. The summed E-state index contributed by atoms with van der Waals surface area (Å²) < 4.78 is 13.1. The van der Waals surface area contributed by atoms with Crippen LogP contribution in [0.4, 0.5) is 0 Å². The average molecular weight is 480 g/mol. The molecule has 0 aromatic carbocycles. The van der Waals surface area contributed by atoms with Gasteiger partial charge in [0.15, 0.2) is 6.29 Å². The number of carboxylic acid groups (broad SMARTS) is 2. The van der Waals surface area contributed by atoms with E-state index in [2.05, 4.69) is 27.7 Å². The minimum Gasteiger partial charge on any atom is -0.480 e. The van der Waals surface area contributed by atoms with Crippen molar-refractivity contribution in [2.45, 2.75) is 97.9 Å². The Kier molecular flexibility index (Phi) is 7.39. The molecule has 4 fully saturated rings. The predicted octanol–water partition coefficient (Wildman–Crippen LogP) is 4.64. The maximum atomic E-state index is 11.3. The molecule has 1 saturated heterocycles. The van der Waals surface area contributed by atoms with E-state index in [1.54, 1.807) is 4.90 Å². The minimum atomic E-state index is -0.977. The summed E-state index contributed by atoms with van der Waals surface area (Å²) in [6, 6.07) is 0. The van der Waals surface area contributed by atoms with Crippen LogP contribution in [0.3, 0.4) is 0 Å². The third kappa shape index (κ3) is 4.90. The lowest BCUT2D eigenvalue weighted by Crippen LogP contribution is -2.63. The van der Waals surface area contributed by atoms with Gasteiger partial charge in [-0.05, 0) is 74.2 Å². The number of carboxylic acids is 2. The molecule has 34 heavy (non-hydrogen) atoms. The predicted molar refractivity (Wildman–Crippen MR) is 128 cm³/mol. The zero-order valence-electron chi connectivity index (χ0n) is 21.6. The Labute approximate surface area is 204 Å². The van der Waals surface area contributed by atoms with Crippen molar-refractivity contribution in [3.05, 3.63) is 0 Å². The summed E-state index contributed by atoms with van der Waals surface area (Å²) in [7, 11) is 0. The highest BCUT2D eigenvalue weighted by Crippen LogP contribution is 2.66. The molecule has 1 aliphatic heterocycles. The highest BCUT2D eigenvalue weighted by Gasteiger charge is 2.62. The van der Waals surface area contributed by atoms with Crippen LogP contribution in [-0.4, -0.2) is 65.7 Å². The van der Waals surface area contributed by atoms with Gasteiger partial charge in [-0.25, -0.2) is 0 Å². The van der Waals surface area contributed by atoms with Crippen molar-refractivity contribution in [1.29, 1.82) is 0 Å². The van der Waals surface area contributed by atoms with Crippen LogP contribution in [0, 0.1) is 34.0 Å². The van der Waals surface area contributed by atoms with E-state index in [9.17, 15) is 19.8 Å². The first-order valence-electron chi connectivity index (χ1n) is 13.4. The Morgan fingerprint density at radius 3 is 2.18 bits per heavy atom. The molecule has 1 heterocycles. The van der Waals surface area contributed by atoms with Gasteiger partial charge in [0.05, 0.1) is 25.8 Å². The van der Waals surface area contributed by atoms with E-state index < -0.39 is 11.9 Å². The maximum absolute atomic E-state index is 11.3. The van der Waals surface area contributed by atoms with Gasteiger partial charge >= 0.3 is 11.9 Å². The number of rotatable bonds is 8. The van der Waals surface area contributed by atoms with E-state index in [0.29, 0.717) is 24.3 Å². The normalized spacial score (nSPS) is 40.0. The van der Waals surface area contributed by atoms with Gasteiger partial charge in [0, 0.05) is 11.3 Å². The topological polar surface area (TPSA) is 96.3 Å². The van der Waals surface area contributed by atoms with Crippen molar-refractivity contribution in [3.63, 3.8) is 0 Å². The lowest BCUT2D eigenvalue weighted by atomic mass is 9.42. The van der Waals surface area contributed by atoms with Crippen LogP contribution in [0.2, 0.25) is 0 Å². The van der Waals surface area contributed by atoms with Crippen LogP contribution >= 0.6 is 0 Å². The molecule has 0 amide bonds. The van der Waals surface area contributed by atoms with E-state index in [1.165, 1.54) is 25.7 Å². The van der Waals surface area contributed by atoms with Gasteiger partial charge in [-0.15, -0.1) is 0 Å². The summed E-state index contributed by atoms with van der Waals surface area (Å²) in [6.07, 6.45) is 10.4. The molecule has 4 rings (SSSR count). The molecule has 2 N–H and O–H groups in total. The minimum absolute atomic E-state index is 0.0152. The molecule has 3 aliphatic carbocycles. The van der Waals surface area contributed by atoms with Gasteiger partial charge in [0.2, 0.25) is 0 Å². The summed E-state index contributed by atoms with van der Waals surface area (Å²) in [5.41, 5.74) is 0.200. The summed E-state index contributed by atoms with van der Waals surface area (Å²) in [5.74, 6) is -0.544. The van der Waals surface area contributed by atoms with Crippen LogP contribution < -0.4 is 0 Å². The fourth-order valence-electron chi connectivity index (χ4n) is 8.57. The smallest absolute Gasteiger partial charge is 0.317 e. The SMILES string of the molecule is CC1(C)CCC2[C@]3(C)CO[C@@H](C4CCCC4)O[C@@H]3CC[C@@]2(C)[C@@H]1CCN(CC(=O)O)CC(=O)O. The van der Waals surface area contributed by atoms with E-state index in [4.69, 9.17) is 9.47 Å². The van der Waals surface area contributed by atoms with E-state index in [0.717, 1.165) is 38.7 Å². The molecule has 3 saturated carbocycles. The fraction of sp³-hybridized carbons (Fsp3) is 0.926. The molecule has 7 heteroatoms. The van der Waals surface area contributed by atoms with Gasteiger partial charge < -0.3 is 19.7 Å². The molecule has 6 atom stereocenters. The number of carbonyl (C=O) groups is 2. The molecule has 194 valence electrons. The van der Waals surface area contributed by atoms with Crippen LogP contribution in [0.1, 0.15) is 85.5 Å². The van der Waals surface area contributed by atoms with E-state index in [-0.39, 0.29) is 41.7 Å². The first-order chi connectivity index (χ1) is 16.0. The lowest BCUT2D eigenvalue weighted by molar-refractivity contribution is -0.322. The van der Waals surface area contributed by atoms with Crippen molar-refractivity contribution in [1.82, 2.24) is 4.90 Å². The molecule has 0 aromatic rings. The molecule has 0 spiro atoms. The summed E-state index contributed by atoms with van der Waals surface area (Å²) in [5, 5.41) is 18.6. The van der Waals surface area contributed by atoms with Crippen molar-refractivity contribution in [3.8, 4) is 0 Å². The molecule has 0 radical (unpaired) electrons. The quantitative estimate of drug-likeness (QED) is 0.523. The Morgan fingerprint density at radius 1 is 0.912 bits per heavy atom. The molecular weight excluding hydrogens is 434 g/mol. The Morgan fingerprint density at radius 2 is 1.56 bits per heavy atom. The van der Waals surface area contributed by atoms with Crippen LogP contribution in [0.5, 0.6) is 0 Å². The molecule has 4 aliphatic rings. The first-order valence-corrected chi connectivity index (χ1v) is 13.4. The zero-order chi connectivity index (χ0) is 24.7. The van der Waals surface area contributed by atoms with Crippen LogP contribution in [0.15, 0.2) is 0 Å². The second-order valence-electron chi connectivity index (χ2n) is 12.8. The number of fused-ring (bicyclic) bond motifs is 3. The van der Waals surface area contributed by atoms with E-state index >= 15 is 0 Å². The molecule has 1 unspecified atom stereocenters. The monoisotopic (exact) mass is 479 g/mol. The number of nitrogens with zero attached hydrogens (tertiary/aromatic N) is 1. The summed E-state index contributed by atoms with van der Waals surface area (Å²) in [6.45, 7) is 10.3. The van der Waals surface area contributed by atoms with Crippen molar-refractivity contribution >= 4 is 11.9 Å². The van der Waals surface area contributed by atoms with Crippen LogP contribution in [0.25, 0.3) is 0 Å². The van der Waals surface area contributed by atoms with Crippen molar-refractivity contribution in [2.75, 3.05) is 26.2 Å². The summed E-state index contributed by atoms with van der Waals surface area (Å²) >= 11 is 0. The largest absolute Gasteiger partial charge is 0.480 e. The van der Waals surface area contributed by atoms with E-state index in [1.807, 2.05) is 0 Å². The van der Waals surface area contributed by atoms with Gasteiger partial charge in [-0.3, -0.25) is 14.5 Å². The molecule has 0 aromatic heterocycles. The second-order valence-corrected chi connectivity index (χ2v) is 12.8. The van der Waals surface area contributed by atoms with Gasteiger partial charge in [0.25, 0.3) is 0 Å². The van der Waals surface area contributed by atoms with Gasteiger partial charge in [0.1, 0.15) is 0 Å². The summed E-state index contributed by atoms with van der Waals surface area (Å²) in [4.78, 5) is 24.2. The Balaban J connectivity index is 1.51. The number of ether oxygens (including phenoxy) is 2. The second kappa shape index (κ2) is 9.70. The molecular formula is C27H45NO6. The Hall–Kier alpha value is -1.18. The maximum Gasteiger partial charge on any atom is 0.317 e. The number of hydrogen-bond donors (Lipinski definition) is 2. The van der Waals surface area contributed by atoms with Crippen LogP contribution in [-0.2, 0) is 19.1 Å². The number of aliphatic carboxylic acids is 2. The fourth-order valence-corrected chi connectivity index (χ4v) is 8.57. The molecule has 0 bridgehead atoms. The third-order valence-corrected chi connectivity index (χ3v) is 10.2. The zero-order valence-corrected chi connectivity index (χ0v) is 21.6. The molecule has 7 nitrogen and oxygen atoms in total. The highest BCUT2D eigenvalue weighted by molar-refractivity contribution is 5.72. The lowest BCUT2D eigenvalue weighted by Gasteiger charge is -2.65. The van der Waals surface area contributed by atoms with Crippen molar-refractivity contribution in [2.24, 2.45) is 34.0 Å². The Bertz CT molecular complexity index is 748. The van der Waals surface area contributed by atoms with Gasteiger partial charge in [-0.2, -0.15) is 0 Å². The van der Waals surface area contributed by atoms with Gasteiger partial charge in [-0.1, -0.05) is 40.5 Å². The first kappa shape index (κ1) is 25.9. The highest BCUT2D eigenvalue weighted by atomic mass is 16.7. The van der Waals surface area contributed by atoms with Crippen molar-refractivity contribution < 1.29 is 29.3 Å². The standard InChI is InChI=1S/C27H45NO6/c1-25(2)12-9-20-26(3,19(25)11-14-28(15-22(29)30)16-23(31)32)13-10-21-27(20,4)17-33-24(34-21)18-7-5-6-8-18/h18-21,24H,5-17H2,1-4H3,(H,29,30)(H,31,32)/t19-,20?,21-,24-,26+,27+/m1/s1. The average Bonchev–Trinajstić information content (AvgIpc) is 3.26.